The van der Waals surface area contributed by atoms with Gasteiger partial charge < -0.3 is 9.47 Å². The number of alkyl halides is 3. The van der Waals surface area contributed by atoms with Crippen molar-refractivity contribution in [3.63, 3.8) is 0 Å². The fourth-order valence-electron chi connectivity index (χ4n) is 3.44. The number of esters is 1. The Morgan fingerprint density at radius 1 is 1.19 bits per heavy atom. The number of halogens is 3. The van der Waals surface area contributed by atoms with Crippen LogP contribution in [0.4, 0.5) is 13.2 Å². The van der Waals surface area contributed by atoms with Gasteiger partial charge in [0.15, 0.2) is 15.6 Å². The molecule has 0 amide bonds. The normalized spacial score (nSPS) is 16.0. The van der Waals surface area contributed by atoms with Gasteiger partial charge in [-0.2, -0.15) is 0 Å². The van der Waals surface area contributed by atoms with E-state index in [0.717, 1.165) is 12.3 Å². The molecule has 31 heavy (non-hydrogen) atoms. The predicted molar refractivity (Wildman–Crippen MR) is 106 cm³/mol. The Labute approximate surface area is 180 Å². The van der Waals surface area contributed by atoms with Crippen LogP contribution in [0.15, 0.2) is 28.5 Å². The third-order valence-electron chi connectivity index (χ3n) is 4.63. The van der Waals surface area contributed by atoms with E-state index in [1.165, 1.54) is 18.2 Å². The van der Waals surface area contributed by atoms with Crippen molar-refractivity contribution >= 4 is 32.9 Å². The Hall–Kier alpha value is -2.40. The van der Waals surface area contributed by atoms with Crippen molar-refractivity contribution in [2.24, 2.45) is 5.41 Å². The van der Waals surface area contributed by atoms with E-state index in [1.807, 2.05) is 13.8 Å². The molecule has 11 heteroatoms. The maximum atomic E-state index is 12.8. The second-order valence-corrected chi connectivity index (χ2v) is 11.2. The van der Waals surface area contributed by atoms with Crippen molar-refractivity contribution in [1.29, 1.82) is 0 Å². The van der Waals surface area contributed by atoms with Crippen LogP contribution in [0.25, 0.3) is 0 Å². The summed E-state index contributed by atoms with van der Waals surface area (Å²) in [5, 5.41) is 0. The van der Waals surface area contributed by atoms with E-state index in [1.54, 1.807) is 0 Å². The van der Waals surface area contributed by atoms with Crippen molar-refractivity contribution in [2.75, 3.05) is 6.26 Å². The largest absolute Gasteiger partial charge is 0.573 e. The summed E-state index contributed by atoms with van der Waals surface area (Å²) in [7, 11) is -3.78. The van der Waals surface area contributed by atoms with Crippen molar-refractivity contribution < 1.29 is 40.7 Å². The van der Waals surface area contributed by atoms with Crippen molar-refractivity contribution in [3.05, 3.63) is 45.8 Å². The van der Waals surface area contributed by atoms with E-state index >= 15 is 0 Å². The van der Waals surface area contributed by atoms with E-state index in [4.69, 9.17) is 4.74 Å². The highest BCUT2D eigenvalue weighted by molar-refractivity contribution is 7.92. The highest BCUT2D eigenvalue weighted by atomic mass is 32.2. The van der Waals surface area contributed by atoms with Gasteiger partial charge in [0.25, 0.3) is 0 Å². The minimum absolute atomic E-state index is 0.0135. The number of para-hydroxylation sites is 1. The maximum Gasteiger partial charge on any atom is 0.573 e. The standard InChI is InChI=1S/C20H19F3O6S2/c1-19(2)8-12-15(13(24)9-19)18(31(3,26)27)30-16(12)17(25)28-10-11-6-4-5-7-14(11)29-20(21,22)23/h4-7H,8-10H2,1-3H3. The minimum atomic E-state index is -4.91. The quantitative estimate of drug-likeness (QED) is 0.588. The Morgan fingerprint density at radius 2 is 1.84 bits per heavy atom. The number of ether oxygens (including phenoxy) is 2. The number of carbonyl (C=O) groups excluding carboxylic acids is 2. The SMILES string of the molecule is CC1(C)CC(=O)c2c(S(C)(=O)=O)sc(C(=O)OCc3ccccc3OC(F)(F)F)c2C1. The molecule has 0 atom stereocenters. The van der Waals surface area contributed by atoms with Crippen molar-refractivity contribution in [3.8, 4) is 5.75 Å². The van der Waals surface area contributed by atoms with Crippen LogP contribution in [0.2, 0.25) is 0 Å². The zero-order valence-electron chi connectivity index (χ0n) is 16.8. The number of benzene rings is 1. The zero-order chi connectivity index (χ0) is 23.2. The molecule has 3 rings (SSSR count). The van der Waals surface area contributed by atoms with Crippen LogP contribution in [0, 0.1) is 5.41 Å². The minimum Gasteiger partial charge on any atom is -0.456 e. The molecule has 1 heterocycles. The summed E-state index contributed by atoms with van der Waals surface area (Å²) in [5.41, 5.74) is -0.184. The lowest BCUT2D eigenvalue weighted by atomic mass is 9.74. The molecule has 6 nitrogen and oxygen atoms in total. The molecular formula is C20H19F3O6S2. The van der Waals surface area contributed by atoms with Crippen LogP contribution in [-0.4, -0.2) is 32.8 Å². The number of thiophene rings is 1. The molecule has 0 N–H and O–H groups in total. The van der Waals surface area contributed by atoms with Crippen LogP contribution in [0.3, 0.4) is 0 Å². The van der Waals surface area contributed by atoms with Gasteiger partial charge in [-0.15, -0.1) is 24.5 Å². The number of hydrogen-bond donors (Lipinski definition) is 0. The number of sulfone groups is 1. The van der Waals surface area contributed by atoms with E-state index in [9.17, 15) is 31.2 Å². The number of Topliss-reactive ketones (excluding diaryl/α,β-unsaturated/α-hetero) is 1. The number of rotatable bonds is 5. The van der Waals surface area contributed by atoms with Crippen molar-refractivity contribution in [1.82, 2.24) is 0 Å². The Balaban J connectivity index is 1.93. The zero-order valence-corrected chi connectivity index (χ0v) is 18.5. The third-order valence-corrected chi connectivity index (χ3v) is 7.67. The molecule has 1 aliphatic rings. The molecule has 0 saturated carbocycles. The smallest absolute Gasteiger partial charge is 0.456 e. The molecule has 0 spiro atoms. The van der Waals surface area contributed by atoms with Crippen LogP contribution >= 0.6 is 11.3 Å². The lowest BCUT2D eigenvalue weighted by Gasteiger charge is -2.29. The highest BCUT2D eigenvalue weighted by Gasteiger charge is 2.40. The average molecular weight is 476 g/mol. The molecule has 1 aromatic heterocycles. The van der Waals surface area contributed by atoms with E-state index in [-0.39, 0.29) is 38.8 Å². The van der Waals surface area contributed by atoms with Gasteiger partial charge in [-0.25, -0.2) is 13.2 Å². The summed E-state index contributed by atoms with van der Waals surface area (Å²) in [5.74, 6) is -1.79. The lowest BCUT2D eigenvalue weighted by Crippen LogP contribution is -2.28. The molecule has 0 fully saturated rings. The maximum absolute atomic E-state index is 12.8. The topological polar surface area (TPSA) is 86.7 Å². The first-order valence-electron chi connectivity index (χ1n) is 9.08. The molecule has 0 unspecified atom stereocenters. The monoisotopic (exact) mass is 476 g/mol. The van der Waals surface area contributed by atoms with Crippen LogP contribution in [-0.2, 0) is 27.6 Å². The molecule has 0 bridgehead atoms. The third kappa shape index (κ3) is 5.27. The van der Waals surface area contributed by atoms with E-state index in [0.29, 0.717) is 16.9 Å². The second-order valence-electron chi connectivity index (χ2n) is 8.02. The molecule has 0 aliphatic heterocycles. The second kappa shape index (κ2) is 7.94. The van der Waals surface area contributed by atoms with Gasteiger partial charge in [-0.1, -0.05) is 32.0 Å². The van der Waals surface area contributed by atoms with Crippen LogP contribution in [0.5, 0.6) is 5.75 Å². The summed E-state index contributed by atoms with van der Waals surface area (Å²) in [6, 6.07) is 5.20. The lowest BCUT2D eigenvalue weighted by molar-refractivity contribution is -0.275. The highest BCUT2D eigenvalue weighted by Crippen LogP contribution is 2.43. The van der Waals surface area contributed by atoms with Gasteiger partial charge in [0.05, 0.1) is 5.56 Å². The first-order chi connectivity index (χ1) is 14.2. The van der Waals surface area contributed by atoms with Gasteiger partial charge in [-0.05, 0) is 23.5 Å². The molecule has 1 aromatic carbocycles. The Morgan fingerprint density at radius 3 is 2.45 bits per heavy atom. The van der Waals surface area contributed by atoms with Gasteiger partial charge in [-0.3, -0.25) is 4.79 Å². The fraction of sp³-hybridized carbons (Fsp3) is 0.400. The number of hydrogen-bond acceptors (Lipinski definition) is 7. The molecule has 0 saturated heterocycles. The first-order valence-corrected chi connectivity index (χ1v) is 11.8. The van der Waals surface area contributed by atoms with Crippen LogP contribution in [0.1, 0.15) is 51.4 Å². The predicted octanol–water partition coefficient (Wildman–Crippen LogP) is 4.56. The molecule has 2 aromatic rings. The summed E-state index contributed by atoms with van der Waals surface area (Å²) < 4.78 is 71.0. The molecule has 0 radical (unpaired) electrons. The Kier molecular flexibility index (Phi) is 5.96. The average Bonchev–Trinajstić information content (AvgIpc) is 2.98. The number of carbonyl (C=O) groups is 2. The molecular weight excluding hydrogens is 457 g/mol. The summed E-state index contributed by atoms with van der Waals surface area (Å²) in [4.78, 5) is 25.4. The van der Waals surface area contributed by atoms with Gasteiger partial charge in [0, 0.05) is 18.2 Å². The summed E-state index contributed by atoms with van der Waals surface area (Å²) in [6.07, 6.45) is -3.54. The fourth-order valence-corrected chi connectivity index (χ4v) is 5.87. The molecule has 1 aliphatic carbocycles. The Bertz CT molecular complexity index is 1150. The van der Waals surface area contributed by atoms with Crippen LogP contribution < -0.4 is 4.74 Å². The summed E-state index contributed by atoms with van der Waals surface area (Å²) in [6.45, 7) is 3.13. The number of fused-ring (bicyclic) bond motifs is 1. The van der Waals surface area contributed by atoms with Gasteiger partial charge >= 0.3 is 12.3 Å². The first kappa shape index (κ1) is 23.3. The molecule has 168 valence electrons. The number of ketones is 1. The van der Waals surface area contributed by atoms with E-state index in [2.05, 4.69) is 4.74 Å². The van der Waals surface area contributed by atoms with Gasteiger partial charge in [0.1, 0.15) is 21.4 Å². The van der Waals surface area contributed by atoms with Crippen molar-refractivity contribution in [2.45, 2.75) is 43.9 Å². The van der Waals surface area contributed by atoms with E-state index < -0.39 is 39.9 Å². The van der Waals surface area contributed by atoms with Gasteiger partial charge in [0.2, 0.25) is 0 Å². The summed E-state index contributed by atoms with van der Waals surface area (Å²) >= 11 is 0.650.